The molecule has 1 aromatic carbocycles. The smallest absolute Gasteiger partial charge is 0.222 e. The Morgan fingerprint density at radius 1 is 1.17 bits per heavy atom. The number of ether oxygens (including phenoxy) is 2. The molecule has 0 aliphatic heterocycles. The van der Waals surface area contributed by atoms with Crippen molar-refractivity contribution in [1.29, 1.82) is 0 Å². The van der Waals surface area contributed by atoms with Gasteiger partial charge in [0, 0.05) is 11.8 Å². The van der Waals surface area contributed by atoms with Gasteiger partial charge in [-0.1, -0.05) is 6.07 Å². The predicted molar refractivity (Wildman–Crippen MR) is 65.8 cm³/mol. The van der Waals surface area contributed by atoms with E-state index < -0.39 is 0 Å². The van der Waals surface area contributed by atoms with E-state index >= 15 is 0 Å². The van der Waals surface area contributed by atoms with Crippen LogP contribution < -0.4 is 9.47 Å². The van der Waals surface area contributed by atoms with Crippen LogP contribution in [0.5, 0.6) is 17.4 Å². The van der Waals surface area contributed by atoms with Gasteiger partial charge in [0.2, 0.25) is 5.88 Å². The van der Waals surface area contributed by atoms with E-state index in [-0.39, 0.29) is 6.61 Å². The number of aryl methyl sites for hydroxylation is 1. The van der Waals surface area contributed by atoms with E-state index in [9.17, 15) is 0 Å². The number of aliphatic hydroxyl groups excluding tert-OH is 1. The molecular formula is C13H14N2O3. The van der Waals surface area contributed by atoms with E-state index in [1.165, 1.54) is 6.33 Å². The largest absolute Gasteiger partial charge is 0.493 e. The average molecular weight is 246 g/mol. The van der Waals surface area contributed by atoms with Crippen LogP contribution in [0.4, 0.5) is 0 Å². The number of benzene rings is 1. The van der Waals surface area contributed by atoms with Crippen molar-refractivity contribution in [2.75, 3.05) is 7.11 Å². The molecule has 0 amide bonds. The summed E-state index contributed by atoms with van der Waals surface area (Å²) in [7, 11) is 1.55. The van der Waals surface area contributed by atoms with E-state index in [0.29, 0.717) is 17.4 Å². The maximum atomic E-state index is 9.06. The first kappa shape index (κ1) is 12.3. The molecule has 0 radical (unpaired) electrons. The first-order valence-electron chi connectivity index (χ1n) is 5.47. The molecule has 0 unspecified atom stereocenters. The number of methoxy groups -OCH3 is 1. The van der Waals surface area contributed by atoms with Crippen molar-refractivity contribution in [2.45, 2.75) is 13.5 Å². The third kappa shape index (κ3) is 2.75. The second-order valence-corrected chi connectivity index (χ2v) is 3.74. The molecule has 2 rings (SSSR count). The van der Waals surface area contributed by atoms with Crippen molar-refractivity contribution in [3.8, 4) is 17.4 Å². The molecule has 94 valence electrons. The van der Waals surface area contributed by atoms with Crippen LogP contribution in [0.1, 0.15) is 11.3 Å². The third-order valence-electron chi connectivity index (χ3n) is 2.40. The topological polar surface area (TPSA) is 64.5 Å². The average Bonchev–Trinajstić information content (AvgIpc) is 2.39. The Morgan fingerprint density at radius 3 is 2.67 bits per heavy atom. The van der Waals surface area contributed by atoms with Gasteiger partial charge in [-0.3, -0.25) is 0 Å². The summed E-state index contributed by atoms with van der Waals surface area (Å²) in [6, 6.07) is 6.97. The number of hydrogen-bond acceptors (Lipinski definition) is 5. The SMILES string of the molecule is COc1cc(CO)ccc1Oc1cc(C)ncn1. The fraction of sp³-hybridized carbons (Fsp3) is 0.231. The summed E-state index contributed by atoms with van der Waals surface area (Å²) in [5.41, 5.74) is 1.59. The third-order valence-corrected chi connectivity index (χ3v) is 2.40. The Kier molecular flexibility index (Phi) is 3.74. The molecule has 18 heavy (non-hydrogen) atoms. The van der Waals surface area contributed by atoms with Crippen LogP contribution in [-0.4, -0.2) is 22.2 Å². The Bertz CT molecular complexity index is 544. The van der Waals surface area contributed by atoms with E-state index in [1.807, 2.05) is 6.92 Å². The second-order valence-electron chi connectivity index (χ2n) is 3.74. The summed E-state index contributed by atoms with van der Waals surface area (Å²) in [5.74, 6) is 1.56. The van der Waals surface area contributed by atoms with Crippen LogP contribution in [-0.2, 0) is 6.61 Å². The Morgan fingerprint density at radius 2 is 2.00 bits per heavy atom. The van der Waals surface area contributed by atoms with Crippen molar-refractivity contribution < 1.29 is 14.6 Å². The van der Waals surface area contributed by atoms with Crippen molar-refractivity contribution in [1.82, 2.24) is 9.97 Å². The van der Waals surface area contributed by atoms with Gasteiger partial charge in [-0.15, -0.1) is 0 Å². The molecule has 5 nitrogen and oxygen atoms in total. The van der Waals surface area contributed by atoms with Gasteiger partial charge < -0.3 is 14.6 Å². The maximum absolute atomic E-state index is 9.06. The second kappa shape index (κ2) is 5.46. The van der Waals surface area contributed by atoms with Crippen LogP contribution in [0.3, 0.4) is 0 Å². The van der Waals surface area contributed by atoms with Crippen LogP contribution in [0.2, 0.25) is 0 Å². The highest BCUT2D eigenvalue weighted by Gasteiger charge is 2.07. The number of hydrogen-bond donors (Lipinski definition) is 1. The molecular weight excluding hydrogens is 232 g/mol. The molecule has 0 aliphatic carbocycles. The summed E-state index contributed by atoms with van der Waals surface area (Å²) in [4.78, 5) is 8.01. The normalized spacial score (nSPS) is 10.2. The van der Waals surface area contributed by atoms with Crippen LogP contribution in [0, 0.1) is 6.92 Å². The molecule has 0 aliphatic rings. The van der Waals surface area contributed by atoms with Crippen LogP contribution >= 0.6 is 0 Å². The van der Waals surface area contributed by atoms with Crippen molar-refractivity contribution in [3.63, 3.8) is 0 Å². The van der Waals surface area contributed by atoms with Gasteiger partial charge in [0.15, 0.2) is 11.5 Å². The molecule has 0 atom stereocenters. The first-order chi connectivity index (χ1) is 8.72. The highest BCUT2D eigenvalue weighted by atomic mass is 16.5. The first-order valence-corrected chi connectivity index (χ1v) is 5.47. The molecule has 1 N–H and O–H groups in total. The molecule has 0 spiro atoms. The van der Waals surface area contributed by atoms with Gasteiger partial charge in [-0.2, -0.15) is 0 Å². The predicted octanol–water partition coefficient (Wildman–Crippen LogP) is 2.08. The van der Waals surface area contributed by atoms with Crippen molar-refractivity contribution >= 4 is 0 Å². The lowest BCUT2D eigenvalue weighted by atomic mass is 10.2. The number of aromatic nitrogens is 2. The fourth-order valence-electron chi connectivity index (χ4n) is 1.49. The molecule has 2 aromatic rings. The molecule has 1 aromatic heterocycles. The zero-order chi connectivity index (χ0) is 13.0. The minimum absolute atomic E-state index is 0.0384. The van der Waals surface area contributed by atoms with Gasteiger partial charge in [0.25, 0.3) is 0 Å². The van der Waals surface area contributed by atoms with E-state index in [2.05, 4.69) is 9.97 Å². The molecule has 5 heteroatoms. The van der Waals surface area contributed by atoms with E-state index in [0.717, 1.165) is 11.3 Å². The molecule has 0 fully saturated rings. The molecule has 0 bridgehead atoms. The van der Waals surface area contributed by atoms with Gasteiger partial charge >= 0.3 is 0 Å². The number of rotatable bonds is 4. The lowest BCUT2D eigenvalue weighted by Crippen LogP contribution is -1.95. The zero-order valence-electron chi connectivity index (χ0n) is 10.3. The molecule has 0 saturated carbocycles. The van der Waals surface area contributed by atoms with Gasteiger partial charge in [-0.05, 0) is 24.6 Å². The molecule has 0 saturated heterocycles. The van der Waals surface area contributed by atoms with Crippen molar-refractivity contribution in [2.24, 2.45) is 0 Å². The number of nitrogens with zero attached hydrogens (tertiary/aromatic N) is 2. The highest BCUT2D eigenvalue weighted by molar-refractivity contribution is 5.44. The van der Waals surface area contributed by atoms with Crippen molar-refractivity contribution in [3.05, 3.63) is 41.9 Å². The lowest BCUT2D eigenvalue weighted by molar-refractivity contribution is 0.280. The fourth-order valence-corrected chi connectivity index (χ4v) is 1.49. The Labute approximate surface area is 105 Å². The van der Waals surface area contributed by atoms with Gasteiger partial charge in [-0.25, -0.2) is 9.97 Å². The minimum Gasteiger partial charge on any atom is -0.493 e. The monoisotopic (exact) mass is 246 g/mol. The van der Waals surface area contributed by atoms with E-state index in [1.54, 1.807) is 31.4 Å². The number of aliphatic hydroxyl groups is 1. The molecule has 1 heterocycles. The van der Waals surface area contributed by atoms with Gasteiger partial charge in [0.1, 0.15) is 6.33 Å². The maximum Gasteiger partial charge on any atom is 0.222 e. The summed E-state index contributed by atoms with van der Waals surface area (Å²) in [6.45, 7) is 1.82. The Balaban J connectivity index is 2.28. The van der Waals surface area contributed by atoms with E-state index in [4.69, 9.17) is 14.6 Å². The Hall–Kier alpha value is -2.14. The lowest BCUT2D eigenvalue weighted by Gasteiger charge is -2.10. The summed E-state index contributed by atoms with van der Waals surface area (Å²) >= 11 is 0. The zero-order valence-corrected chi connectivity index (χ0v) is 10.3. The van der Waals surface area contributed by atoms with Crippen LogP contribution in [0.15, 0.2) is 30.6 Å². The van der Waals surface area contributed by atoms with Gasteiger partial charge in [0.05, 0.1) is 13.7 Å². The summed E-state index contributed by atoms with van der Waals surface area (Å²) in [5, 5.41) is 9.06. The van der Waals surface area contributed by atoms with Crippen LogP contribution in [0.25, 0.3) is 0 Å². The summed E-state index contributed by atoms with van der Waals surface area (Å²) in [6.07, 6.45) is 1.44. The summed E-state index contributed by atoms with van der Waals surface area (Å²) < 4.78 is 10.8. The highest BCUT2D eigenvalue weighted by Crippen LogP contribution is 2.31. The standard InChI is InChI=1S/C13H14N2O3/c1-9-5-13(15-8-14-9)18-11-4-3-10(7-16)6-12(11)17-2/h3-6,8,16H,7H2,1-2H3. The quantitative estimate of drug-likeness (QED) is 0.894. The minimum atomic E-state index is -0.0384.